The number of carbonyl (C=O) groups excluding carboxylic acids is 1. The van der Waals surface area contributed by atoms with Crippen LogP contribution in [0.25, 0.3) is 0 Å². The van der Waals surface area contributed by atoms with Crippen LogP contribution in [0.2, 0.25) is 5.02 Å². The molecule has 0 heterocycles. The first-order chi connectivity index (χ1) is 9.97. The first kappa shape index (κ1) is 15.4. The summed E-state index contributed by atoms with van der Waals surface area (Å²) >= 11 is 6.01. The van der Waals surface area contributed by atoms with E-state index in [0.717, 1.165) is 5.56 Å². The van der Waals surface area contributed by atoms with Gasteiger partial charge in [0.25, 0.3) is 5.91 Å². The Hall–Kier alpha value is -2.00. The lowest BCUT2D eigenvalue weighted by Gasteiger charge is -2.27. The molecule has 0 aliphatic carbocycles. The maximum atomic E-state index is 12.7. The van der Waals surface area contributed by atoms with E-state index < -0.39 is 0 Å². The summed E-state index contributed by atoms with van der Waals surface area (Å²) in [4.78, 5) is 14.5. The van der Waals surface area contributed by atoms with Gasteiger partial charge >= 0.3 is 0 Å². The fourth-order valence-electron chi connectivity index (χ4n) is 2.16. The van der Waals surface area contributed by atoms with Gasteiger partial charge in [0.05, 0.1) is 0 Å². The standard InChI is InChI=1S/C17H19ClN2O/c1-12(2)20(11-13-5-3-7-15(18)9-13)17(21)14-6-4-8-16(19)10-14/h3-10,12H,11,19H2,1-2H3. The maximum absolute atomic E-state index is 12.7. The van der Waals surface area contributed by atoms with E-state index in [1.807, 2.05) is 38.1 Å². The van der Waals surface area contributed by atoms with Crippen LogP contribution < -0.4 is 5.73 Å². The second kappa shape index (κ2) is 6.64. The molecule has 0 spiro atoms. The van der Waals surface area contributed by atoms with Crippen LogP contribution in [0, 0.1) is 0 Å². The summed E-state index contributed by atoms with van der Waals surface area (Å²) in [5.74, 6) is -0.0303. The molecule has 0 aromatic heterocycles. The molecule has 0 saturated carbocycles. The van der Waals surface area contributed by atoms with E-state index in [2.05, 4.69) is 0 Å². The molecule has 110 valence electrons. The Morgan fingerprint density at radius 3 is 2.52 bits per heavy atom. The monoisotopic (exact) mass is 302 g/mol. The average molecular weight is 303 g/mol. The fourth-order valence-corrected chi connectivity index (χ4v) is 2.37. The number of nitrogen functional groups attached to an aromatic ring is 1. The molecule has 2 aromatic carbocycles. The summed E-state index contributed by atoms with van der Waals surface area (Å²) in [7, 11) is 0. The molecule has 0 unspecified atom stereocenters. The number of amides is 1. The van der Waals surface area contributed by atoms with Gasteiger partial charge in [-0.25, -0.2) is 0 Å². The van der Waals surface area contributed by atoms with Crippen LogP contribution in [0.15, 0.2) is 48.5 Å². The Labute approximate surface area is 130 Å². The van der Waals surface area contributed by atoms with E-state index in [9.17, 15) is 4.79 Å². The molecule has 0 radical (unpaired) electrons. The number of benzene rings is 2. The smallest absolute Gasteiger partial charge is 0.254 e. The van der Waals surface area contributed by atoms with E-state index in [0.29, 0.717) is 22.8 Å². The first-order valence-electron chi connectivity index (χ1n) is 6.88. The van der Waals surface area contributed by atoms with Crippen molar-refractivity contribution in [2.24, 2.45) is 0 Å². The Kier molecular flexibility index (Phi) is 4.86. The van der Waals surface area contributed by atoms with E-state index in [-0.39, 0.29) is 11.9 Å². The van der Waals surface area contributed by atoms with Crippen molar-refractivity contribution in [1.82, 2.24) is 4.90 Å². The van der Waals surface area contributed by atoms with Crippen molar-refractivity contribution in [3.63, 3.8) is 0 Å². The topological polar surface area (TPSA) is 46.3 Å². The van der Waals surface area contributed by atoms with Gasteiger partial charge in [0.1, 0.15) is 0 Å². The number of hydrogen-bond acceptors (Lipinski definition) is 2. The molecule has 2 aromatic rings. The van der Waals surface area contributed by atoms with Crippen LogP contribution >= 0.6 is 11.6 Å². The van der Waals surface area contributed by atoms with Crippen LogP contribution in [0.4, 0.5) is 5.69 Å². The molecule has 21 heavy (non-hydrogen) atoms. The van der Waals surface area contributed by atoms with Gasteiger partial charge in [-0.15, -0.1) is 0 Å². The molecule has 0 aliphatic heterocycles. The summed E-state index contributed by atoms with van der Waals surface area (Å²) in [6.45, 7) is 4.51. The van der Waals surface area contributed by atoms with Crippen LogP contribution in [0.3, 0.4) is 0 Å². The number of carbonyl (C=O) groups is 1. The molecule has 0 fully saturated rings. The van der Waals surface area contributed by atoms with Crippen molar-refractivity contribution in [3.8, 4) is 0 Å². The SMILES string of the molecule is CC(C)N(Cc1cccc(Cl)c1)C(=O)c1cccc(N)c1. The van der Waals surface area contributed by atoms with Gasteiger partial charge in [-0.1, -0.05) is 29.8 Å². The third kappa shape index (κ3) is 3.99. The lowest BCUT2D eigenvalue weighted by Crippen LogP contribution is -2.36. The summed E-state index contributed by atoms with van der Waals surface area (Å²) < 4.78 is 0. The molecule has 3 nitrogen and oxygen atoms in total. The normalized spacial score (nSPS) is 10.7. The van der Waals surface area contributed by atoms with Gasteiger partial charge in [0.2, 0.25) is 0 Å². The van der Waals surface area contributed by atoms with Gasteiger partial charge in [-0.05, 0) is 49.7 Å². The number of rotatable bonds is 4. The van der Waals surface area contributed by atoms with E-state index in [1.54, 1.807) is 29.2 Å². The predicted molar refractivity (Wildman–Crippen MR) is 87.3 cm³/mol. The van der Waals surface area contributed by atoms with Crippen molar-refractivity contribution in [3.05, 3.63) is 64.7 Å². The largest absolute Gasteiger partial charge is 0.399 e. The zero-order chi connectivity index (χ0) is 15.4. The molecule has 4 heteroatoms. The van der Waals surface area contributed by atoms with Crippen molar-refractivity contribution in [2.75, 3.05) is 5.73 Å². The van der Waals surface area contributed by atoms with Gasteiger partial charge in [-0.2, -0.15) is 0 Å². The highest BCUT2D eigenvalue weighted by atomic mass is 35.5. The van der Waals surface area contributed by atoms with Crippen molar-refractivity contribution < 1.29 is 4.79 Å². The fraction of sp³-hybridized carbons (Fsp3) is 0.235. The highest BCUT2D eigenvalue weighted by molar-refractivity contribution is 6.30. The number of nitrogens with two attached hydrogens (primary N) is 1. The van der Waals surface area contributed by atoms with Crippen LogP contribution in [-0.2, 0) is 6.54 Å². The molecular formula is C17H19ClN2O. The van der Waals surface area contributed by atoms with Crippen LogP contribution in [-0.4, -0.2) is 16.8 Å². The van der Waals surface area contributed by atoms with E-state index in [1.165, 1.54) is 0 Å². The number of nitrogens with zero attached hydrogens (tertiary/aromatic N) is 1. The quantitative estimate of drug-likeness (QED) is 0.869. The number of hydrogen-bond donors (Lipinski definition) is 1. The summed E-state index contributed by atoms with van der Waals surface area (Å²) in [5.41, 5.74) is 7.96. The highest BCUT2D eigenvalue weighted by Gasteiger charge is 2.19. The van der Waals surface area contributed by atoms with Crippen molar-refractivity contribution in [2.45, 2.75) is 26.4 Å². The number of halogens is 1. The summed E-state index contributed by atoms with van der Waals surface area (Å²) in [6.07, 6.45) is 0. The predicted octanol–water partition coefficient (Wildman–Crippen LogP) is 3.97. The molecule has 2 rings (SSSR count). The minimum Gasteiger partial charge on any atom is -0.399 e. The van der Waals surface area contributed by atoms with E-state index in [4.69, 9.17) is 17.3 Å². The molecule has 1 amide bonds. The average Bonchev–Trinajstić information content (AvgIpc) is 2.44. The Bertz CT molecular complexity index is 640. The Morgan fingerprint density at radius 2 is 1.90 bits per heavy atom. The molecule has 2 N–H and O–H groups in total. The van der Waals surface area contributed by atoms with Gasteiger partial charge < -0.3 is 10.6 Å². The van der Waals surface area contributed by atoms with Crippen LogP contribution in [0.5, 0.6) is 0 Å². The van der Waals surface area contributed by atoms with Gasteiger partial charge in [0, 0.05) is 28.9 Å². The third-order valence-corrected chi connectivity index (χ3v) is 3.49. The minimum absolute atomic E-state index is 0.0303. The second-order valence-electron chi connectivity index (χ2n) is 5.28. The molecule has 0 aliphatic rings. The highest BCUT2D eigenvalue weighted by Crippen LogP contribution is 2.17. The first-order valence-corrected chi connectivity index (χ1v) is 7.26. The molecule has 0 atom stereocenters. The van der Waals surface area contributed by atoms with Crippen LogP contribution in [0.1, 0.15) is 29.8 Å². The number of anilines is 1. The Balaban J connectivity index is 2.25. The van der Waals surface area contributed by atoms with Crippen molar-refractivity contribution >= 4 is 23.2 Å². The molecular weight excluding hydrogens is 284 g/mol. The second-order valence-corrected chi connectivity index (χ2v) is 5.72. The zero-order valence-electron chi connectivity index (χ0n) is 12.2. The van der Waals surface area contributed by atoms with E-state index >= 15 is 0 Å². The minimum atomic E-state index is -0.0303. The summed E-state index contributed by atoms with van der Waals surface area (Å²) in [5, 5.41) is 0.674. The summed E-state index contributed by atoms with van der Waals surface area (Å²) in [6, 6.07) is 14.7. The van der Waals surface area contributed by atoms with Gasteiger partial charge in [0.15, 0.2) is 0 Å². The zero-order valence-corrected chi connectivity index (χ0v) is 13.0. The van der Waals surface area contributed by atoms with Crippen molar-refractivity contribution in [1.29, 1.82) is 0 Å². The lowest BCUT2D eigenvalue weighted by atomic mass is 10.1. The molecule has 0 saturated heterocycles. The lowest BCUT2D eigenvalue weighted by molar-refractivity contribution is 0.0690. The maximum Gasteiger partial charge on any atom is 0.254 e. The molecule has 0 bridgehead atoms. The third-order valence-electron chi connectivity index (χ3n) is 3.26. The Morgan fingerprint density at radius 1 is 1.19 bits per heavy atom. The van der Waals surface area contributed by atoms with Gasteiger partial charge in [-0.3, -0.25) is 4.79 Å².